The van der Waals surface area contributed by atoms with Crippen LogP contribution in [0.3, 0.4) is 0 Å². The maximum Gasteiger partial charge on any atom is 0.172 e. The fourth-order valence-corrected chi connectivity index (χ4v) is 2.86. The summed E-state index contributed by atoms with van der Waals surface area (Å²) in [5.41, 5.74) is 3.50. The Balaban J connectivity index is 1.95. The predicted octanol–water partition coefficient (Wildman–Crippen LogP) is 3.42. The van der Waals surface area contributed by atoms with Crippen LogP contribution in [-0.4, -0.2) is 35.2 Å². The van der Waals surface area contributed by atoms with Crippen LogP contribution in [-0.2, 0) is 0 Å². The van der Waals surface area contributed by atoms with Crippen LogP contribution in [0.4, 0.5) is 5.82 Å². The summed E-state index contributed by atoms with van der Waals surface area (Å²) < 4.78 is 6.03. The van der Waals surface area contributed by atoms with E-state index in [1.165, 1.54) is 0 Å². The highest BCUT2D eigenvalue weighted by molar-refractivity contribution is 5.79. The number of ether oxygens (including phenoxy) is 1. The minimum Gasteiger partial charge on any atom is -0.489 e. The Kier molecular flexibility index (Phi) is 3.83. The first-order valence-electron chi connectivity index (χ1n) is 8.05. The molecule has 0 aliphatic carbocycles. The van der Waals surface area contributed by atoms with Gasteiger partial charge < -0.3 is 9.64 Å². The molecule has 5 nitrogen and oxygen atoms in total. The summed E-state index contributed by atoms with van der Waals surface area (Å²) in [6, 6.07) is 13.7. The highest BCUT2D eigenvalue weighted by atomic mass is 16.5. The van der Waals surface area contributed by atoms with Crippen molar-refractivity contribution in [3.05, 3.63) is 54.9 Å². The number of rotatable bonds is 2. The van der Waals surface area contributed by atoms with Gasteiger partial charge in [-0.3, -0.25) is 9.97 Å². The van der Waals surface area contributed by atoms with E-state index in [9.17, 15) is 0 Å². The average Bonchev–Trinajstić information content (AvgIpc) is 2.84. The highest BCUT2D eigenvalue weighted by Gasteiger charge is 2.22. The molecule has 0 spiro atoms. The molecule has 3 aromatic heterocycles. The monoisotopic (exact) mass is 318 g/mol. The van der Waals surface area contributed by atoms with Crippen molar-refractivity contribution in [2.24, 2.45) is 0 Å². The summed E-state index contributed by atoms with van der Waals surface area (Å²) in [7, 11) is 2.05. The van der Waals surface area contributed by atoms with Crippen LogP contribution in [0, 0.1) is 0 Å². The van der Waals surface area contributed by atoms with Gasteiger partial charge in [0, 0.05) is 31.5 Å². The predicted molar refractivity (Wildman–Crippen MR) is 94.1 cm³/mol. The molecule has 120 valence electrons. The molecule has 0 unspecified atom stereocenters. The van der Waals surface area contributed by atoms with E-state index < -0.39 is 0 Å². The number of pyridine rings is 3. The first-order chi connectivity index (χ1) is 11.8. The fourth-order valence-electron chi connectivity index (χ4n) is 2.86. The van der Waals surface area contributed by atoms with E-state index in [0.29, 0.717) is 6.61 Å². The molecule has 5 heteroatoms. The van der Waals surface area contributed by atoms with Crippen LogP contribution in [0.2, 0.25) is 0 Å². The fraction of sp³-hybridized carbons (Fsp3) is 0.211. The van der Waals surface area contributed by atoms with E-state index in [1.54, 1.807) is 12.4 Å². The Morgan fingerprint density at radius 3 is 2.42 bits per heavy atom. The van der Waals surface area contributed by atoms with Crippen LogP contribution in [0.15, 0.2) is 54.9 Å². The van der Waals surface area contributed by atoms with Crippen LogP contribution in [0.1, 0.15) is 6.42 Å². The standard InChI is InChI=1S/C19H18N4O/c1-23-11-6-12-24-18-14(15-7-2-4-9-20-15)13-17(22-19(18)23)16-8-3-5-10-21-16/h2-5,7-10,13H,6,11-12H2,1H3. The van der Waals surface area contributed by atoms with E-state index in [0.717, 1.165) is 47.2 Å². The van der Waals surface area contributed by atoms with E-state index in [2.05, 4.69) is 14.9 Å². The van der Waals surface area contributed by atoms with E-state index in [4.69, 9.17) is 9.72 Å². The lowest BCUT2D eigenvalue weighted by Crippen LogP contribution is -2.19. The third-order valence-electron chi connectivity index (χ3n) is 4.07. The molecule has 24 heavy (non-hydrogen) atoms. The molecule has 0 aromatic carbocycles. The van der Waals surface area contributed by atoms with Gasteiger partial charge in [-0.15, -0.1) is 0 Å². The summed E-state index contributed by atoms with van der Waals surface area (Å²) in [5.74, 6) is 1.64. The number of nitrogens with zero attached hydrogens (tertiary/aromatic N) is 4. The molecule has 0 radical (unpaired) electrons. The Hall–Kier alpha value is -2.95. The third-order valence-corrected chi connectivity index (χ3v) is 4.07. The lowest BCUT2D eigenvalue weighted by molar-refractivity contribution is 0.323. The van der Waals surface area contributed by atoms with E-state index in [1.807, 2.05) is 49.5 Å². The summed E-state index contributed by atoms with van der Waals surface area (Å²) in [6.45, 7) is 1.59. The number of hydrogen-bond donors (Lipinski definition) is 0. The van der Waals surface area contributed by atoms with Gasteiger partial charge in [-0.1, -0.05) is 12.1 Å². The van der Waals surface area contributed by atoms with Gasteiger partial charge in [-0.05, 0) is 36.8 Å². The van der Waals surface area contributed by atoms with Crippen molar-refractivity contribution in [2.45, 2.75) is 6.42 Å². The molecule has 0 bridgehead atoms. The number of aromatic nitrogens is 3. The van der Waals surface area contributed by atoms with Gasteiger partial charge in [-0.2, -0.15) is 0 Å². The Labute approximate surface area is 141 Å². The molecule has 0 saturated heterocycles. The first kappa shape index (κ1) is 14.6. The largest absolute Gasteiger partial charge is 0.489 e. The van der Waals surface area contributed by atoms with Gasteiger partial charge in [0.05, 0.1) is 23.7 Å². The van der Waals surface area contributed by atoms with Gasteiger partial charge in [0.25, 0.3) is 0 Å². The molecule has 1 aliphatic rings. The Morgan fingerprint density at radius 1 is 0.958 bits per heavy atom. The molecule has 0 fully saturated rings. The molecular formula is C19H18N4O. The smallest absolute Gasteiger partial charge is 0.172 e. The molecule has 4 rings (SSSR count). The number of hydrogen-bond acceptors (Lipinski definition) is 5. The van der Waals surface area contributed by atoms with Crippen molar-refractivity contribution in [1.82, 2.24) is 15.0 Å². The van der Waals surface area contributed by atoms with Crippen LogP contribution < -0.4 is 9.64 Å². The van der Waals surface area contributed by atoms with Gasteiger partial charge >= 0.3 is 0 Å². The zero-order valence-electron chi connectivity index (χ0n) is 13.5. The molecule has 3 aromatic rings. The third kappa shape index (κ3) is 2.69. The summed E-state index contributed by atoms with van der Waals surface area (Å²) in [6.07, 6.45) is 4.54. The topological polar surface area (TPSA) is 51.1 Å². The highest BCUT2D eigenvalue weighted by Crippen LogP contribution is 2.40. The minimum absolute atomic E-state index is 0.682. The van der Waals surface area contributed by atoms with Crippen molar-refractivity contribution < 1.29 is 4.74 Å². The number of anilines is 1. The Morgan fingerprint density at radius 2 is 1.71 bits per heavy atom. The molecule has 0 saturated carbocycles. The number of fused-ring (bicyclic) bond motifs is 1. The van der Waals surface area contributed by atoms with Gasteiger partial charge in [-0.25, -0.2) is 4.98 Å². The van der Waals surface area contributed by atoms with Gasteiger partial charge in [0.2, 0.25) is 0 Å². The second-order valence-electron chi connectivity index (χ2n) is 5.76. The SMILES string of the molecule is CN1CCCOc2c(-c3ccccn3)cc(-c3ccccn3)nc21. The molecule has 0 amide bonds. The summed E-state index contributed by atoms with van der Waals surface area (Å²) in [5, 5.41) is 0. The molecule has 4 heterocycles. The molecule has 0 N–H and O–H groups in total. The zero-order chi connectivity index (χ0) is 16.4. The average molecular weight is 318 g/mol. The van der Waals surface area contributed by atoms with Crippen molar-refractivity contribution >= 4 is 5.82 Å². The quantitative estimate of drug-likeness (QED) is 0.724. The lowest BCUT2D eigenvalue weighted by atomic mass is 10.1. The first-order valence-corrected chi connectivity index (χ1v) is 8.05. The molecular weight excluding hydrogens is 300 g/mol. The van der Waals surface area contributed by atoms with Crippen LogP contribution in [0.25, 0.3) is 22.6 Å². The van der Waals surface area contributed by atoms with Crippen molar-refractivity contribution in [2.75, 3.05) is 25.1 Å². The maximum absolute atomic E-state index is 6.03. The van der Waals surface area contributed by atoms with E-state index in [-0.39, 0.29) is 0 Å². The van der Waals surface area contributed by atoms with Crippen molar-refractivity contribution in [1.29, 1.82) is 0 Å². The summed E-state index contributed by atoms with van der Waals surface area (Å²) in [4.78, 5) is 15.9. The molecule has 1 aliphatic heterocycles. The Bertz CT molecular complexity index is 837. The maximum atomic E-state index is 6.03. The van der Waals surface area contributed by atoms with Gasteiger partial charge in [0.15, 0.2) is 11.6 Å². The minimum atomic E-state index is 0.682. The lowest BCUT2D eigenvalue weighted by Gasteiger charge is -2.20. The van der Waals surface area contributed by atoms with Crippen LogP contribution >= 0.6 is 0 Å². The summed E-state index contributed by atoms with van der Waals surface area (Å²) >= 11 is 0. The molecule has 0 atom stereocenters. The van der Waals surface area contributed by atoms with E-state index >= 15 is 0 Å². The second kappa shape index (κ2) is 6.28. The van der Waals surface area contributed by atoms with Crippen LogP contribution in [0.5, 0.6) is 5.75 Å². The van der Waals surface area contributed by atoms with Gasteiger partial charge in [0.1, 0.15) is 0 Å². The normalized spacial score (nSPS) is 13.8. The van der Waals surface area contributed by atoms with Crippen molar-refractivity contribution in [3.63, 3.8) is 0 Å². The second-order valence-corrected chi connectivity index (χ2v) is 5.76. The van der Waals surface area contributed by atoms with Crippen molar-refractivity contribution in [3.8, 4) is 28.4 Å². The zero-order valence-corrected chi connectivity index (χ0v) is 13.5.